The molecule has 4 nitrogen and oxygen atoms in total. The van der Waals surface area contributed by atoms with Gasteiger partial charge in [-0.15, -0.1) is 22.0 Å². The Balaban J connectivity index is 1.78. The molecule has 0 N–H and O–H groups in total. The number of hydrogen-bond donors (Lipinski definition) is 0. The molecule has 2 rings (SSSR count). The van der Waals surface area contributed by atoms with Crippen molar-refractivity contribution in [2.24, 2.45) is 5.92 Å². The van der Waals surface area contributed by atoms with Crippen molar-refractivity contribution in [2.45, 2.75) is 57.8 Å². The first-order chi connectivity index (χ1) is 9.15. The minimum absolute atomic E-state index is 0.249. The van der Waals surface area contributed by atoms with Gasteiger partial charge in [0.1, 0.15) is 0 Å². The quantitative estimate of drug-likeness (QED) is 0.798. The molecule has 1 aromatic rings. The van der Waals surface area contributed by atoms with E-state index in [4.69, 9.17) is 9.15 Å². The third kappa shape index (κ3) is 4.80. The summed E-state index contributed by atoms with van der Waals surface area (Å²) in [5.74, 6) is 3.07. The van der Waals surface area contributed by atoms with E-state index in [9.17, 15) is 0 Å². The van der Waals surface area contributed by atoms with E-state index in [1.54, 1.807) is 0 Å². The Kier molecular flexibility index (Phi) is 5.70. The van der Waals surface area contributed by atoms with Crippen LogP contribution in [0.5, 0.6) is 0 Å². The average molecular weight is 284 g/mol. The van der Waals surface area contributed by atoms with Crippen LogP contribution >= 0.6 is 11.8 Å². The first kappa shape index (κ1) is 14.9. The van der Waals surface area contributed by atoms with Gasteiger partial charge in [-0.05, 0) is 32.1 Å². The standard InChI is InChI=1S/C14H24N2O2S/c1-10(2)8-13-15-16-14(18-13)11(3)19-9-12-6-4-5-7-17-12/h10-12H,4-9H2,1-3H3/t11-,12-/m1/s1. The molecule has 0 unspecified atom stereocenters. The van der Waals surface area contributed by atoms with Crippen molar-refractivity contribution >= 4 is 11.8 Å². The minimum atomic E-state index is 0.249. The molecule has 5 heteroatoms. The van der Waals surface area contributed by atoms with Gasteiger partial charge >= 0.3 is 0 Å². The van der Waals surface area contributed by atoms with E-state index in [0.717, 1.165) is 30.6 Å². The van der Waals surface area contributed by atoms with E-state index in [1.807, 2.05) is 11.8 Å². The molecule has 1 saturated heterocycles. The zero-order valence-corrected chi connectivity index (χ0v) is 12.9. The average Bonchev–Trinajstić information content (AvgIpc) is 2.85. The second-order valence-corrected chi connectivity index (χ2v) is 6.97. The summed E-state index contributed by atoms with van der Waals surface area (Å²) in [6.45, 7) is 7.35. The van der Waals surface area contributed by atoms with E-state index in [-0.39, 0.29) is 5.25 Å². The van der Waals surface area contributed by atoms with Crippen LogP contribution in [0.15, 0.2) is 4.42 Å². The Labute approximate surface area is 119 Å². The Hall–Kier alpha value is -0.550. The van der Waals surface area contributed by atoms with Gasteiger partial charge in [-0.3, -0.25) is 0 Å². The van der Waals surface area contributed by atoms with Crippen LogP contribution < -0.4 is 0 Å². The molecule has 0 bridgehead atoms. The van der Waals surface area contributed by atoms with Gasteiger partial charge in [0.05, 0.1) is 11.4 Å². The lowest BCUT2D eigenvalue weighted by Gasteiger charge is -2.22. The van der Waals surface area contributed by atoms with Crippen molar-refractivity contribution in [2.75, 3.05) is 12.4 Å². The van der Waals surface area contributed by atoms with Gasteiger partial charge < -0.3 is 9.15 Å². The first-order valence-electron chi connectivity index (χ1n) is 7.20. The fraction of sp³-hybridized carbons (Fsp3) is 0.857. The molecule has 0 radical (unpaired) electrons. The summed E-state index contributed by atoms with van der Waals surface area (Å²) < 4.78 is 11.4. The van der Waals surface area contributed by atoms with E-state index < -0.39 is 0 Å². The van der Waals surface area contributed by atoms with Gasteiger partial charge in [-0.25, -0.2) is 0 Å². The summed E-state index contributed by atoms with van der Waals surface area (Å²) in [6, 6.07) is 0. The van der Waals surface area contributed by atoms with Crippen molar-refractivity contribution < 1.29 is 9.15 Å². The minimum Gasteiger partial charge on any atom is -0.424 e. The maximum absolute atomic E-state index is 5.73. The summed E-state index contributed by atoms with van der Waals surface area (Å²) in [7, 11) is 0. The molecule has 0 saturated carbocycles. The number of thioether (sulfide) groups is 1. The SMILES string of the molecule is CC(C)Cc1nnc([C@@H](C)SC[C@H]2CCCCO2)o1. The normalized spacial score (nSPS) is 21.8. The van der Waals surface area contributed by atoms with Crippen LogP contribution in [0.2, 0.25) is 0 Å². The molecule has 1 aromatic heterocycles. The largest absolute Gasteiger partial charge is 0.424 e. The van der Waals surface area contributed by atoms with Crippen LogP contribution in [0.4, 0.5) is 0 Å². The van der Waals surface area contributed by atoms with Crippen molar-refractivity contribution in [3.05, 3.63) is 11.8 Å². The molecule has 0 amide bonds. The van der Waals surface area contributed by atoms with Gasteiger partial charge in [0.2, 0.25) is 11.8 Å². The van der Waals surface area contributed by atoms with Crippen molar-refractivity contribution in [3.63, 3.8) is 0 Å². The van der Waals surface area contributed by atoms with Gasteiger partial charge in [0.25, 0.3) is 0 Å². The highest BCUT2D eigenvalue weighted by Crippen LogP contribution is 2.30. The number of aromatic nitrogens is 2. The van der Waals surface area contributed by atoms with Crippen LogP contribution in [0.1, 0.15) is 57.1 Å². The van der Waals surface area contributed by atoms with Crippen molar-refractivity contribution in [1.82, 2.24) is 10.2 Å². The van der Waals surface area contributed by atoms with Crippen LogP contribution in [-0.4, -0.2) is 28.7 Å². The van der Waals surface area contributed by atoms with E-state index in [2.05, 4.69) is 31.0 Å². The highest BCUT2D eigenvalue weighted by molar-refractivity contribution is 7.99. The summed E-state index contributed by atoms with van der Waals surface area (Å²) in [6.07, 6.45) is 4.94. The van der Waals surface area contributed by atoms with E-state index in [1.165, 1.54) is 19.3 Å². The van der Waals surface area contributed by atoms with Crippen LogP contribution in [0.25, 0.3) is 0 Å². The molecule has 19 heavy (non-hydrogen) atoms. The molecule has 0 aliphatic carbocycles. The Bertz CT molecular complexity index is 375. The summed E-state index contributed by atoms with van der Waals surface area (Å²) in [5.41, 5.74) is 0. The van der Waals surface area contributed by atoms with Crippen molar-refractivity contribution in [1.29, 1.82) is 0 Å². The molecule has 1 aliphatic rings. The summed E-state index contributed by atoms with van der Waals surface area (Å²) in [5, 5.41) is 8.51. The number of hydrogen-bond acceptors (Lipinski definition) is 5. The zero-order valence-electron chi connectivity index (χ0n) is 12.1. The third-order valence-corrected chi connectivity index (χ3v) is 4.49. The highest BCUT2D eigenvalue weighted by Gasteiger charge is 2.19. The molecule has 108 valence electrons. The molecular formula is C14H24N2O2S. The number of ether oxygens (including phenoxy) is 1. The Morgan fingerprint density at radius 2 is 2.11 bits per heavy atom. The number of rotatable bonds is 6. The second kappa shape index (κ2) is 7.29. The summed E-state index contributed by atoms with van der Waals surface area (Å²) >= 11 is 1.85. The summed E-state index contributed by atoms with van der Waals surface area (Å²) in [4.78, 5) is 0. The molecule has 2 heterocycles. The molecular weight excluding hydrogens is 260 g/mol. The number of nitrogens with zero attached hydrogens (tertiary/aromatic N) is 2. The fourth-order valence-corrected chi connectivity index (χ4v) is 3.13. The van der Waals surface area contributed by atoms with E-state index in [0.29, 0.717) is 12.0 Å². The maximum Gasteiger partial charge on any atom is 0.229 e. The van der Waals surface area contributed by atoms with Crippen molar-refractivity contribution in [3.8, 4) is 0 Å². The predicted octanol–water partition coefficient (Wildman–Crippen LogP) is 3.63. The molecule has 2 atom stereocenters. The fourth-order valence-electron chi connectivity index (χ4n) is 2.12. The molecule has 1 fully saturated rings. The van der Waals surface area contributed by atoms with Crippen LogP contribution in [0.3, 0.4) is 0 Å². The molecule has 0 aromatic carbocycles. The monoisotopic (exact) mass is 284 g/mol. The maximum atomic E-state index is 5.73. The van der Waals surface area contributed by atoms with Crippen LogP contribution in [0, 0.1) is 5.92 Å². The molecule has 1 aliphatic heterocycles. The lowest BCUT2D eigenvalue weighted by Crippen LogP contribution is -2.21. The Morgan fingerprint density at radius 1 is 1.26 bits per heavy atom. The molecule has 0 spiro atoms. The van der Waals surface area contributed by atoms with Crippen LogP contribution in [-0.2, 0) is 11.2 Å². The topological polar surface area (TPSA) is 48.2 Å². The van der Waals surface area contributed by atoms with Gasteiger partial charge in [0.15, 0.2) is 0 Å². The predicted molar refractivity (Wildman–Crippen MR) is 77.3 cm³/mol. The smallest absolute Gasteiger partial charge is 0.229 e. The zero-order chi connectivity index (χ0) is 13.7. The third-order valence-electron chi connectivity index (χ3n) is 3.22. The second-order valence-electron chi connectivity index (χ2n) is 5.60. The van der Waals surface area contributed by atoms with Gasteiger partial charge in [-0.1, -0.05) is 13.8 Å². The van der Waals surface area contributed by atoms with Gasteiger partial charge in [0, 0.05) is 18.8 Å². The lowest BCUT2D eigenvalue weighted by molar-refractivity contribution is 0.0315. The van der Waals surface area contributed by atoms with Gasteiger partial charge in [-0.2, -0.15) is 0 Å². The lowest BCUT2D eigenvalue weighted by atomic mass is 10.1. The Morgan fingerprint density at radius 3 is 2.79 bits per heavy atom. The van der Waals surface area contributed by atoms with E-state index >= 15 is 0 Å². The highest BCUT2D eigenvalue weighted by atomic mass is 32.2. The first-order valence-corrected chi connectivity index (χ1v) is 8.25.